The van der Waals surface area contributed by atoms with E-state index in [9.17, 15) is 14.4 Å². The number of benzene rings is 1. The molecule has 1 aromatic heterocycles. The van der Waals surface area contributed by atoms with Gasteiger partial charge in [0.15, 0.2) is 0 Å². The van der Waals surface area contributed by atoms with Gasteiger partial charge in [0.05, 0.1) is 25.5 Å². The Morgan fingerprint density at radius 1 is 1.12 bits per heavy atom. The molecule has 3 rings (SSSR count). The van der Waals surface area contributed by atoms with Gasteiger partial charge in [-0.1, -0.05) is 12.1 Å². The molecule has 0 spiro atoms. The lowest BCUT2D eigenvalue weighted by Gasteiger charge is -2.27. The zero-order valence-electron chi connectivity index (χ0n) is 14.6. The van der Waals surface area contributed by atoms with E-state index in [-0.39, 0.29) is 12.5 Å². The minimum Gasteiger partial charge on any atom is -0.492 e. The molecular weight excluding hydrogens is 338 g/mol. The first-order valence-corrected chi connectivity index (χ1v) is 8.51. The van der Waals surface area contributed by atoms with Crippen LogP contribution in [0, 0.1) is 0 Å². The van der Waals surface area contributed by atoms with Crippen molar-refractivity contribution in [2.24, 2.45) is 0 Å². The normalized spacial score (nSPS) is 14.3. The molecule has 1 aliphatic heterocycles. The smallest absolute Gasteiger partial charge is 0.321 e. The van der Waals surface area contributed by atoms with Gasteiger partial charge in [0, 0.05) is 25.5 Å². The van der Waals surface area contributed by atoms with Crippen LogP contribution in [0.1, 0.15) is 6.92 Å². The maximum atomic E-state index is 12.5. The van der Waals surface area contributed by atoms with Gasteiger partial charge in [-0.05, 0) is 19.1 Å². The monoisotopic (exact) mass is 359 g/mol. The van der Waals surface area contributed by atoms with Crippen LogP contribution in [0.3, 0.4) is 0 Å². The summed E-state index contributed by atoms with van der Waals surface area (Å²) in [5.41, 5.74) is -0.988. The lowest BCUT2D eigenvalue weighted by molar-refractivity contribution is -0.135. The number of rotatable bonds is 5. The third-order valence-electron chi connectivity index (χ3n) is 4.15. The van der Waals surface area contributed by atoms with Crippen molar-refractivity contribution in [3.05, 3.63) is 57.4 Å². The van der Waals surface area contributed by atoms with Crippen molar-refractivity contribution in [1.82, 2.24) is 14.0 Å². The Labute approximate surface area is 150 Å². The Hall–Kier alpha value is -2.87. The molecule has 0 bridgehead atoms. The summed E-state index contributed by atoms with van der Waals surface area (Å²) >= 11 is 0. The van der Waals surface area contributed by atoms with Crippen LogP contribution in [0.15, 0.2) is 46.2 Å². The van der Waals surface area contributed by atoms with Crippen LogP contribution in [0.4, 0.5) is 0 Å². The molecule has 1 aliphatic rings. The number of hydrogen-bond donors (Lipinski definition) is 0. The van der Waals surface area contributed by atoms with Crippen molar-refractivity contribution in [1.29, 1.82) is 0 Å². The van der Waals surface area contributed by atoms with Crippen LogP contribution < -0.4 is 15.9 Å². The number of carbonyl (C=O) groups is 1. The van der Waals surface area contributed by atoms with Gasteiger partial charge in [-0.3, -0.25) is 23.5 Å². The average molecular weight is 359 g/mol. The number of nitrogens with zero attached hydrogens (tertiary/aromatic N) is 3. The predicted octanol–water partition coefficient (Wildman–Crippen LogP) is 0.257. The van der Waals surface area contributed by atoms with Gasteiger partial charge in [0.25, 0.3) is 0 Å². The SMILES string of the molecule is CCOc1ccccc1-n1ccn(CC(=O)N2CCOCC2)c(=O)c1=O. The van der Waals surface area contributed by atoms with E-state index in [4.69, 9.17) is 9.47 Å². The summed E-state index contributed by atoms with van der Waals surface area (Å²) in [7, 11) is 0. The number of amides is 1. The standard InChI is InChI=1S/C18H21N3O5/c1-2-26-15-6-4-3-5-14(15)21-8-7-20(17(23)18(21)24)13-16(22)19-9-11-25-12-10-19/h3-8H,2,9-13H2,1H3. The Kier molecular flexibility index (Phi) is 5.52. The van der Waals surface area contributed by atoms with Crippen LogP contribution in [0.5, 0.6) is 5.75 Å². The summed E-state index contributed by atoms with van der Waals surface area (Å²) in [6, 6.07) is 6.99. The molecule has 1 aromatic carbocycles. The molecule has 26 heavy (non-hydrogen) atoms. The molecule has 1 amide bonds. The Balaban J connectivity index is 1.89. The molecule has 2 heterocycles. The minimum atomic E-state index is -0.750. The third kappa shape index (κ3) is 3.70. The van der Waals surface area contributed by atoms with Crippen molar-refractivity contribution < 1.29 is 14.3 Å². The predicted molar refractivity (Wildman–Crippen MR) is 94.9 cm³/mol. The quantitative estimate of drug-likeness (QED) is 0.715. The molecule has 1 fully saturated rings. The lowest BCUT2D eigenvalue weighted by atomic mass is 10.3. The number of para-hydroxylation sites is 2. The van der Waals surface area contributed by atoms with Gasteiger partial charge >= 0.3 is 11.1 Å². The van der Waals surface area contributed by atoms with E-state index in [2.05, 4.69) is 0 Å². The molecule has 138 valence electrons. The highest BCUT2D eigenvalue weighted by molar-refractivity contribution is 5.76. The highest BCUT2D eigenvalue weighted by atomic mass is 16.5. The van der Waals surface area contributed by atoms with Crippen molar-refractivity contribution in [3.63, 3.8) is 0 Å². The van der Waals surface area contributed by atoms with E-state index in [1.807, 2.05) is 6.92 Å². The molecule has 8 nitrogen and oxygen atoms in total. The highest BCUT2D eigenvalue weighted by Crippen LogP contribution is 2.20. The number of hydrogen-bond acceptors (Lipinski definition) is 5. The van der Waals surface area contributed by atoms with Gasteiger partial charge in [-0.25, -0.2) is 0 Å². The Morgan fingerprint density at radius 2 is 1.85 bits per heavy atom. The molecule has 0 atom stereocenters. The molecular formula is C18H21N3O5. The topological polar surface area (TPSA) is 82.8 Å². The Bertz CT molecular complexity index is 896. The van der Waals surface area contributed by atoms with Gasteiger partial charge in [0.1, 0.15) is 12.3 Å². The largest absolute Gasteiger partial charge is 0.492 e. The number of morpholine rings is 1. The second-order valence-corrected chi connectivity index (χ2v) is 5.80. The third-order valence-corrected chi connectivity index (χ3v) is 4.15. The fourth-order valence-electron chi connectivity index (χ4n) is 2.81. The van der Waals surface area contributed by atoms with Crippen molar-refractivity contribution in [2.45, 2.75) is 13.5 Å². The fourth-order valence-corrected chi connectivity index (χ4v) is 2.81. The second-order valence-electron chi connectivity index (χ2n) is 5.80. The van der Waals surface area contributed by atoms with E-state index in [1.54, 1.807) is 29.2 Å². The molecule has 1 saturated heterocycles. The lowest BCUT2D eigenvalue weighted by Crippen LogP contribution is -2.46. The van der Waals surface area contributed by atoms with E-state index in [0.29, 0.717) is 44.3 Å². The highest BCUT2D eigenvalue weighted by Gasteiger charge is 2.18. The summed E-state index contributed by atoms with van der Waals surface area (Å²) in [6.45, 7) is 4.07. The first-order chi connectivity index (χ1) is 12.6. The molecule has 2 aromatic rings. The van der Waals surface area contributed by atoms with Gasteiger partial charge in [-0.15, -0.1) is 0 Å². The van der Waals surface area contributed by atoms with Crippen molar-refractivity contribution in [2.75, 3.05) is 32.9 Å². The van der Waals surface area contributed by atoms with Crippen LogP contribution in [-0.4, -0.2) is 52.9 Å². The summed E-state index contributed by atoms with van der Waals surface area (Å²) in [6.07, 6.45) is 2.93. The fraction of sp³-hybridized carbons (Fsp3) is 0.389. The van der Waals surface area contributed by atoms with Crippen LogP contribution >= 0.6 is 0 Å². The molecule has 0 aliphatic carbocycles. The number of aromatic nitrogens is 2. The summed E-state index contributed by atoms with van der Waals surface area (Å²) in [4.78, 5) is 38.9. The van der Waals surface area contributed by atoms with Crippen LogP contribution in [-0.2, 0) is 16.1 Å². The first kappa shape index (κ1) is 17.9. The second kappa shape index (κ2) is 8.01. The molecule has 0 saturated carbocycles. The average Bonchev–Trinajstić information content (AvgIpc) is 2.67. The van der Waals surface area contributed by atoms with E-state index in [1.165, 1.54) is 17.0 Å². The maximum absolute atomic E-state index is 12.5. The minimum absolute atomic E-state index is 0.165. The summed E-state index contributed by atoms with van der Waals surface area (Å²) in [5.74, 6) is 0.306. The molecule has 0 N–H and O–H groups in total. The maximum Gasteiger partial charge on any atom is 0.321 e. The van der Waals surface area contributed by atoms with E-state index >= 15 is 0 Å². The zero-order valence-corrected chi connectivity index (χ0v) is 14.6. The van der Waals surface area contributed by atoms with Crippen LogP contribution in [0.25, 0.3) is 5.69 Å². The van der Waals surface area contributed by atoms with Crippen LogP contribution in [0.2, 0.25) is 0 Å². The van der Waals surface area contributed by atoms with E-state index in [0.717, 1.165) is 4.57 Å². The number of carbonyl (C=O) groups excluding carboxylic acids is 1. The molecule has 0 unspecified atom stereocenters. The number of ether oxygens (including phenoxy) is 2. The van der Waals surface area contributed by atoms with Crippen molar-refractivity contribution >= 4 is 5.91 Å². The van der Waals surface area contributed by atoms with E-state index < -0.39 is 11.1 Å². The zero-order chi connectivity index (χ0) is 18.5. The summed E-state index contributed by atoms with van der Waals surface area (Å²) < 4.78 is 13.1. The molecule has 8 heteroatoms. The van der Waals surface area contributed by atoms with Gasteiger partial charge in [-0.2, -0.15) is 0 Å². The first-order valence-electron chi connectivity index (χ1n) is 8.51. The Morgan fingerprint density at radius 3 is 2.58 bits per heavy atom. The summed E-state index contributed by atoms with van der Waals surface area (Å²) in [5, 5.41) is 0. The molecule has 0 radical (unpaired) electrons. The van der Waals surface area contributed by atoms with Gasteiger partial charge in [0.2, 0.25) is 5.91 Å². The van der Waals surface area contributed by atoms with Crippen molar-refractivity contribution in [3.8, 4) is 11.4 Å². The van der Waals surface area contributed by atoms with Gasteiger partial charge < -0.3 is 14.4 Å².